The molecule has 20 heavy (non-hydrogen) atoms. The monoisotopic (exact) mass is 280 g/mol. The van der Waals surface area contributed by atoms with E-state index in [1.807, 2.05) is 0 Å². The third kappa shape index (κ3) is 2.71. The first kappa shape index (κ1) is 15.9. The van der Waals surface area contributed by atoms with Crippen molar-refractivity contribution >= 4 is 11.6 Å². The molecule has 0 spiro atoms. The van der Waals surface area contributed by atoms with Crippen LogP contribution in [0.4, 0.5) is 0 Å². The molecule has 4 N–H and O–H groups in total. The molecule has 1 aliphatic rings. The zero-order valence-corrected chi connectivity index (χ0v) is 11.1. The van der Waals surface area contributed by atoms with Gasteiger partial charge in [0.05, 0.1) is 6.61 Å². The SMILES string of the molecule is CC1=C(O)C(=C(O)C=CC=CCO)C(=O)C(C)(O)C1=O. The van der Waals surface area contributed by atoms with E-state index in [9.17, 15) is 24.9 Å². The fourth-order valence-corrected chi connectivity index (χ4v) is 1.72. The second kappa shape index (κ2) is 5.85. The van der Waals surface area contributed by atoms with Gasteiger partial charge in [0.15, 0.2) is 5.60 Å². The Morgan fingerprint density at radius 2 is 1.85 bits per heavy atom. The van der Waals surface area contributed by atoms with E-state index in [0.717, 1.165) is 13.0 Å². The summed E-state index contributed by atoms with van der Waals surface area (Å²) in [5.41, 5.74) is -3.02. The maximum absolute atomic E-state index is 12.0. The van der Waals surface area contributed by atoms with E-state index in [1.165, 1.54) is 25.2 Å². The number of carbonyl (C=O) groups excluding carboxylic acids is 2. The summed E-state index contributed by atoms with van der Waals surface area (Å²) < 4.78 is 0. The first-order valence-electron chi connectivity index (χ1n) is 5.84. The number of ketones is 2. The maximum Gasteiger partial charge on any atom is 0.209 e. The minimum Gasteiger partial charge on any atom is -0.507 e. The van der Waals surface area contributed by atoms with Crippen LogP contribution in [-0.4, -0.2) is 44.2 Å². The molecule has 0 aliphatic heterocycles. The Balaban J connectivity index is 3.35. The van der Waals surface area contributed by atoms with Crippen molar-refractivity contribution in [3.8, 4) is 0 Å². The summed E-state index contributed by atoms with van der Waals surface area (Å²) in [4.78, 5) is 23.7. The van der Waals surface area contributed by atoms with Gasteiger partial charge >= 0.3 is 0 Å². The largest absolute Gasteiger partial charge is 0.507 e. The van der Waals surface area contributed by atoms with E-state index >= 15 is 0 Å². The number of Topliss-reactive ketones (excluding diaryl/α,β-unsaturated/α-hetero) is 2. The van der Waals surface area contributed by atoms with Gasteiger partial charge in [-0.25, -0.2) is 0 Å². The molecule has 0 fully saturated rings. The highest BCUT2D eigenvalue weighted by Crippen LogP contribution is 2.31. The summed E-state index contributed by atoms with van der Waals surface area (Å²) in [5, 5.41) is 38.0. The first-order valence-corrected chi connectivity index (χ1v) is 5.84. The van der Waals surface area contributed by atoms with Crippen LogP contribution in [0.5, 0.6) is 0 Å². The van der Waals surface area contributed by atoms with Crippen molar-refractivity contribution in [1.82, 2.24) is 0 Å². The average Bonchev–Trinajstić information content (AvgIpc) is 2.40. The zero-order chi connectivity index (χ0) is 15.5. The lowest BCUT2D eigenvalue weighted by Crippen LogP contribution is -2.48. The lowest BCUT2D eigenvalue weighted by molar-refractivity contribution is -0.145. The van der Waals surface area contributed by atoms with Crippen molar-refractivity contribution < 1.29 is 30.0 Å². The summed E-state index contributed by atoms with van der Waals surface area (Å²) in [6.45, 7) is 2.07. The number of carbonyl (C=O) groups is 2. The molecule has 1 unspecified atom stereocenters. The van der Waals surface area contributed by atoms with Crippen molar-refractivity contribution in [1.29, 1.82) is 0 Å². The van der Waals surface area contributed by atoms with Crippen molar-refractivity contribution in [2.24, 2.45) is 0 Å². The quantitative estimate of drug-likeness (QED) is 0.261. The van der Waals surface area contributed by atoms with Gasteiger partial charge in [-0.15, -0.1) is 0 Å². The van der Waals surface area contributed by atoms with Gasteiger partial charge < -0.3 is 20.4 Å². The molecule has 0 saturated heterocycles. The molecular weight excluding hydrogens is 264 g/mol. The Labute approximate surface area is 115 Å². The highest BCUT2D eigenvalue weighted by atomic mass is 16.3. The molecule has 0 saturated carbocycles. The van der Waals surface area contributed by atoms with Crippen LogP contribution in [0.1, 0.15) is 13.8 Å². The molecule has 0 heterocycles. The molecular formula is C14H16O6. The van der Waals surface area contributed by atoms with Gasteiger partial charge in [-0.2, -0.15) is 0 Å². The number of hydrogen-bond donors (Lipinski definition) is 4. The number of rotatable bonds is 3. The van der Waals surface area contributed by atoms with Crippen LogP contribution in [0.3, 0.4) is 0 Å². The molecule has 108 valence electrons. The van der Waals surface area contributed by atoms with Gasteiger partial charge in [0, 0.05) is 5.57 Å². The third-order valence-corrected chi connectivity index (χ3v) is 2.91. The number of aliphatic hydroxyl groups excluding tert-OH is 3. The van der Waals surface area contributed by atoms with Crippen LogP contribution in [0.15, 0.2) is 47.0 Å². The molecule has 0 radical (unpaired) electrons. The summed E-state index contributed by atoms with van der Waals surface area (Å²) in [5.74, 6) is -3.21. The Morgan fingerprint density at radius 3 is 2.40 bits per heavy atom. The van der Waals surface area contributed by atoms with E-state index in [0.29, 0.717) is 0 Å². The summed E-state index contributed by atoms with van der Waals surface area (Å²) in [6, 6.07) is 0. The van der Waals surface area contributed by atoms with Crippen LogP contribution in [0, 0.1) is 0 Å². The summed E-state index contributed by atoms with van der Waals surface area (Å²) in [6.07, 6.45) is 5.24. The Kier molecular flexibility index (Phi) is 4.65. The molecule has 0 aromatic rings. The highest BCUT2D eigenvalue weighted by molar-refractivity contribution is 6.26. The van der Waals surface area contributed by atoms with Crippen LogP contribution in [0.2, 0.25) is 0 Å². The molecule has 6 nitrogen and oxygen atoms in total. The molecule has 1 aliphatic carbocycles. The normalized spacial score (nSPS) is 27.0. The third-order valence-electron chi connectivity index (χ3n) is 2.91. The van der Waals surface area contributed by atoms with Crippen molar-refractivity contribution in [3.63, 3.8) is 0 Å². The van der Waals surface area contributed by atoms with Crippen molar-refractivity contribution in [3.05, 3.63) is 47.0 Å². The van der Waals surface area contributed by atoms with Crippen LogP contribution in [-0.2, 0) is 9.59 Å². The predicted octanol–water partition coefficient (Wildman–Crippen LogP) is 0.638. The minimum absolute atomic E-state index is 0.186. The summed E-state index contributed by atoms with van der Waals surface area (Å²) >= 11 is 0. The van der Waals surface area contributed by atoms with Gasteiger partial charge in [-0.3, -0.25) is 9.59 Å². The standard InChI is InChI=1S/C14H16O6/c1-8-11(17)10(9(16)6-4-3-5-7-15)13(19)14(2,20)12(8)18/h3-6,15-17,20H,7H2,1-2H3. The lowest BCUT2D eigenvalue weighted by atomic mass is 9.79. The number of aliphatic hydroxyl groups is 4. The number of hydrogen-bond acceptors (Lipinski definition) is 6. The Hall–Kier alpha value is -2.18. The first-order chi connectivity index (χ1) is 9.25. The Morgan fingerprint density at radius 1 is 1.25 bits per heavy atom. The molecule has 6 heteroatoms. The second-order valence-corrected chi connectivity index (χ2v) is 4.43. The molecule has 0 aromatic carbocycles. The highest BCUT2D eigenvalue weighted by Gasteiger charge is 2.48. The van der Waals surface area contributed by atoms with Gasteiger partial charge in [-0.1, -0.05) is 18.2 Å². The number of allylic oxidation sites excluding steroid dienone is 4. The van der Waals surface area contributed by atoms with Crippen molar-refractivity contribution in [2.75, 3.05) is 6.61 Å². The van der Waals surface area contributed by atoms with Crippen LogP contribution < -0.4 is 0 Å². The fourth-order valence-electron chi connectivity index (χ4n) is 1.72. The second-order valence-electron chi connectivity index (χ2n) is 4.43. The van der Waals surface area contributed by atoms with Gasteiger partial charge in [-0.05, 0) is 19.9 Å². The summed E-state index contributed by atoms with van der Waals surface area (Å²) in [7, 11) is 0. The smallest absolute Gasteiger partial charge is 0.209 e. The predicted molar refractivity (Wildman–Crippen MR) is 71.0 cm³/mol. The molecule has 0 amide bonds. The van der Waals surface area contributed by atoms with Crippen LogP contribution >= 0.6 is 0 Å². The molecule has 0 bridgehead atoms. The van der Waals surface area contributed by atoms with Gasteiger partial charge in [0.2, 0.25) is 11.6 Å². The zero-order valence-electron chi connectivity index (χ0n) is 11.1. The van der Waals surface area contributed by atoms with E-state index in [-0.39, 0.29) is 12.2 Å². The Bertz CT molecular complexity index is 560. The van der Waals surface area contributed by atoms with E-state index in [1.54, 1.807) is 0 Å². The maximum atomic E-state index is 12.0. The average molecular weight is 280 g/mol. The molecule has 1 rings (SSSR count). The van der Waals surface area contributed by atoms with Crippen LogP contribution in [0.25, 0.3) is 0 Å². The fraction of sp³-hybridized carbons (Fsp3) is 0.286. The topological polar surface area (TPSA) is 115 Å². The van der Waals surface area contributed by atoms with E-state index < -0.39 is 34.3 Å². The van der Waals surface area contributed by atoms with Crippen molar-refractivity contribution in [2.45, 2.75) is 19.4 Å². The minimum atomic E-state index is -2.31. The lowest BCUT2D eigenvalue weighted by Gasteiger charge is -2.27. The van der Waals surface area contributed by atoms with E-state index in [2.05, 4.69) is 0 Å². The molecule has 0 aromatic heterocycles. The molecule has 1 atom stereocenters. The van der Waals surface area contributed by atoms with Gasteiger partial charge in [0.1, 0.15) is 17.1 Å². The van der Waals surface area contributed by atoms with E-state index in [4.69, 9.17) is 5.11 Å². The van der Waals surface area contributed by atoms with Gasteiger partial charge in [0.25, 0.3) is 0 Å².